The van der Waals surface area contributed by atoms with Crippen molar-refractivity contribution in [1.82, 2.24) is 9.61 Å². The third-order valence-electron chi connectivity index (χ3n) is 0.686. The molecule has 0 radical (unpaired) electrons. The second kappa shape index (κ2) is 4.91. The van der Waals surface area contributed by atoms with Gasteiger partial charge in [0.2, 0.25) is 0 Å². The molecule has 0 bridgehead atoms. The Labute approximate surface area is 70.2 Å². The van der Waals surface area contributed by atoms with Gasteiger partial charge in [-0.1, -0.05) is 4.89 Å². The van der Waals surface area contributed by atoms with Crippen molar-refractivity contribution in [2.45, 2.75) is 6.92 Å². The Hall–Kier alpha value is -0.860. The van der Waals surface area contributed by atoms with Crippen LogP contribution in [0.1, 0.15) is 6.92 Å². The Balaban J connectivity index is 3.98. The minimum Gasteiger partial charge on any atom is -0.449 e. The van der Waals surface area contributed by atoms with Crippen LogP contribution >= 0.6 is 0 Å². The predicted molar refractivity (Wildman–Crippen MR) is 39.2 cm³/mol. The van der Waals surface area contributed by atoms with Gasteiger partial charge in [0.25, 0.3) is 0 Å². The van der Waals surface area contributed by atoms with Gasteiger partial charge >= 0.3 is 16.3 Å². The summed E-state index contributed by atoms with van der Waals surface area (Å²) >= 11 is 0. The topological polar surface area (TPSA) is 93.7 Å². The molecule has 2 N–H and O–H groups in total. The van der Waals surface area contributed by atoms with Gasteiger partial charge in [-0.2, -0.15) is 8.42 Å². The van der Waals surface area contributed by atoms with Crippen LogP contribution in [0.5, 0.6) is 0 Å². The molecule has 0 aromatic carbocycles. The van der Waals surface area contributed by atoms with Crippen molar-refractivity contribution in [3.05, 3.63) is 0 Å². The van der Waals surface area contributed by atoms with E-state index in [1.807, 2.05) is 0 Å². The molecule has 0 atom stereocenters. The zero-order valence-electron chi connectivity index (χ0n) is 6.66. The minimum atomic E-state index is -3.95. The van der Waals surface area contributed by atoms with E-state index < -0.39 is 16.3 Å². The Morgan fingerprint density at radius 2 is 2.08 bits per heavy atom. The third-order valence-corrected chi connectivity index (χ3v) is 1.51. The summed E-state index contributed by atoms with van der Waals surface area (Å²) in [6.45, 7) is 1.64. The first-order valence-electron chi connectivity index (χ1n) is 3.01. The van der Waals surface area contributed by atoms with Crippen LogP contribution in [0.4, 0.5) is 4.79 Å². The molecular weight excluding hydrogens is 188 g/mol. The fraction of sp³-hybridized carbons (Fsp3) is 0.750. The molecule has 0 aliphatic carbocycles. The second-order valence-corrected chi connectivity index (χ2v) is 2.99. The lowest BCUT2D eigenvalue weighted by Crippen LogP contribution is -2.39. The summed E-state index contributed by atoms with van der Waals surface area (Å²) in [6, 6.07) is 0. The van der Waals surface area contributed by atoms with Gasteiger partial charge < -0.3 is 4.74 Å². The highest BCUT2D eigenvalue weighted by Crippen LogP contribution is 1.81. The van der Waals surface area contributed by atoms with Gasteiger partial charge in [0.15, 0.2) is 0 Å². The van der Waals surface area contributed by atoms with Crippen molar-refractivity contribution in [2.24, 2.45) is 0 Å². The Morgan fingerprint density at radius 1 is 1.50 bits per heavy atom. The van der Waals surface area contributed by atoms with Gasteiger partial charge in [-0.3, -0.25) is 4.84 Å². The molecule has 72 valence electrons. The molecule has 0 unspecified atom stereocenters. The maximum absolute atomic E-state index is 10.7. The van der Waals surface area contributed by atoms with Crippen molar-refractivity contribution in [1.29, 1.82) is 0 Å². The fourth-order valence-corrected chi connectivity index (χ4v) is 0.940. The van der Waals surface area contributed by atoms with Crippen LogP contribution in [-0.2, 0) is 19.8 Å². The van der Waals surface area contributed by atoms with Crippen LogP contribution in [-0.4, -0.2) is 28.2 Å². The van der Waals surface area contributed by atoms with E-state index in [0.717, 1.165) is 7.11 Å². The lowest BCUT2D eigenvalue weighted by molar-refractivity contribution is 0.145. The number of hydrogen-bond donors (Lipinski definition) is 2. The molecular formula is C4H10N2O5S. The van der Waals surface area contributed by atoms with Crippen LogP contribution in [0.2, 0.25) is 0 Å². The summed E-state index contributed by atoms with van der Waals surface area (Å²) in [5.74, 6) is 0. The SMILES string of the molecule is CCOC(=O)NS(=O)(=O)NOC. The van der Waals surface area contributed by atoms with E-state index in [2.05, 4.69) is 9.57 Å². The summed E-state index contributed by atoms with van der Waals surface area (Å²) in [4.78, 5) is 16.2. The maximum Gasteiger partial charge on any atom is 0.421 e. The smallest absolute Gasteiger partial charge is 0.421 e. The second-order valence-electron chi connectivity index (χ2n) is 1.61. The average molecular weight is 198 g/mol. The van der Waals surface area contributed by atoms with Crippen LogP contribution in [0, 0.1) is 0 Å². The average Bonchev–Trinajstić information content (AvgIpc) is 1.85. The molecule has 0 aliphatic heterocycles. The number of rotatable bonds is 4. The molecule has 0 fully saturated rings. The molecule has 0 heterocycles. The van der Waals surface area contributed by atoms with E-state index in [9.17, 15) is 13.2 Å². The first-order valence-corrected chi connectivity index (χ1v) is 4.49. The number of hydrogen-bond acceptors (Lipinski definition) is 5. The quantitative estimate of drug-likeness (QED) is 0.572. The lowest BCUT2D eigenvalue weighted by Gasteiger charge is -2.05. The Morgan fingerprint density at radius 3 is 2.50 bits per heavy atom. The summed E-state index contributed by atoms with van der Waals surface area (Å²) < 4.78 is 27.2. The first-order chi connectivity index (χ1) is 5.52. The molecule has 0 rings (SSSR count). The largest absolute Gasteiger partial charge is 0.449 e. The van der Waals surface area contributed by atoms with Crippen LogP contribution < -0.4 is 9.61 Å². The van der Waals surface area contributed by atoms with Crippen molar-refractivity contribution < 1.29 is 22.8 Å². The number of ether oxygens (including phenoxy) is 1. The molecule has 0 saturated carbocycles. The highest BCUT2D eigenvalue weighted by atomic mass is 32.2. The summed E-state index contributed by atoms with van der Waals surface area (Å²) in [5.41, 5.74) is 0. The first kappa shape index (κ1) is 11.1. The molecule has 0 aliphatic rings. The molecule has 0 spiro atoms. The number of carbonyl (C=O) groups excluding carboxylic acids is 1. The third kappa shape index (κ3) is 4.88. The van der Waals surface area contributed by atoms with Crippen molar-refractivity contribution in [3.63, 3.8) is 0 Å². The monoisotopic (exact) mass is 198 g/mol. The van der Waals surface area contributed by atoms with Crippen molar-refractivity contribution in [3.8, 4) is 0 Å². The molecule has 7 nitrogen and oxygen atoms in total. The maximum atomic E-state index is 10.7. The van der Waals surface area contributed by atoms with Gasteiger partial charge in [-0.15, -0.1) is 0 Å². The van der Waals surface area contributed by atoms with E-state index in [0.29, 0.717) is 0 Å². The molecule has 12 heavy (non-hydrogen) atoms. The number of amides is 1. The lowest BCUT2D eigenvalue weighted by atomic mass is 10.9. The van der Waals surface area contributed by atoms with Gasteiger partial charge in [0, 0.05) is 0 Å². The highest BCUT2D eigenvalue weighted by Gasteiger charge is 2.13. The Bertz CT molecular complexity index is 236. The zero-order chi connectivity index (χ0) is 9.61. The highest BCUT2D eigenvalue weighted by molar-refractivity contribution is 7.87. The molecule has 8 heteroatoms. The van der Waals surface area contributed by atoms with E-state index in [4.69, 9.17) is 0 Å². The standard InChI is InChI=1S/C4H10N2O5S/c1-3-11-4(7)5-12(8,9)6-10-2/h6H,3H2,1-2H3,(H,5,7). The number of carbonyl (C=O) groups is 1. The zero-order valence-corrected chi connectivity index (χ0v) is 7.47. The fourth-order valence-electron chi connectivity index (χ4n) is 0.401. The molecule has 1 amide bonds. The van der Waals surface area contributed by atoms with Gasteiger partial charge in [0.1, 0.15) is 0 Å². The van der Waals surface area contributed by atoms with Crippen LogP contribution in [0.3, 0.4) is 0 Å². The number of nitrogens with one attached hydrogen (secondary N) is 2. The summed E-state index contributed by atoms with van der Waals surface area (Å²) in [5, 5.41) is 0. The minimum absolute atomic E-state index is 0.0916. The van der Waals surface area contributed by atoms with E-state index >= 15 is 0 Å². The van der Waals surface area contributed by atoms with Gasteiger partial charge in [0.05, 0.1) is 13.7 Å². The molecule has 0 aromatic heterocycles. The Kier molecular flexibility index (Phi) is 4.55. The van der Waals surface area contributed by atoms with Crippen molar-refractivity contribution >= 4 is 16.3 Å². The molecule has 0 saturated heterocycles. The van der Waals surface area contributed by atoms with Crippen LogP contribution in [0.25, 0.3) is 0 Å². The summed E-state index contributed by atoms with van der Waals surface area (Å²) in [7, 11) is -2.85. The molecule has 0 aromatic rings. The van der Waals surface area contributed by atoms with Gasteiger partial charge in [-0.05, 0) is 6.92 Å². The van der Waals surface area contributed by atoms with E-state index in [1.54, 1.807) is 11.8 Å². The van der Waals surface area contributed by atoms with E-state index in [1.165, 1.54) is 4.72 Å². The predicted octanol–water partition coefficient (Wildman–Crippen LogP) is -0.872. The van der Waals surface area contributed by atoms with Crippen LogP contribution in [0.15, 0.2) is 0 Å². The van der Waals surface area contributed by atoms with E-state index in [-0.39, 0.29) is 6.61 Å². The van der Waals surface area contributed by atoms with Crippen molar-refractivity contribution in [2.75, 3.05) is 13.7 Å². The van der Waals surface area contributed by atoms with Gasteiger partial charge in [-0.25, -0.2) is 9.52 Å². The normalized spacial score (nSPS) is 10.8. The summed E-state index contributed by atoms with van der Waals surface area (Å²) in [6.07, 6.45) is -1.05.